The molecular formula is C11H19N5OS. The first-order valence-electron chi connectivity index (χ1n) is 6.09. The first kappa shape index (κ1) is 13.1. The van der Waals surface area contributed by atoms with E-state index in [1.807, 2.05) is 6.92 Å². The Kier molecular flexibility index (Phi) is 4.03. The van der Waals surface area contributed by atoms with Crippen LogP contribution < -0.4 is 16.4 Å². The van der Waals surface area contributed by atoms with Gasteiger partial charge in [0.25, 0.3) is 5.91 Å². The number of nitrogens with zero attached hydrogens (tertiary/aromatic N) is 2. The molecular weight excluding hydrogens is 250 g/mol. The fourth-order valence-corrected chi connectivity index (χ4v) is 2.88. The number of aromatic nitrogens is 1. The maximum Gasteiger partial charge on any atom is 0.265 e. The van der Waals surface area contributed by atoms with Crippen molar-refractivity contribution in [3.8, 4) is 0 Å². The third kappa shape index (κ3) is 2.91. The van der Waals surface area contributed by atoms with Crippen LogP contribution >= 0.6 is 11.3 Å². The molecule has 1 amide bonds. The number of likely N-dealkylation sites (tertiary alicyclic amines) is 1. The summed E-state index contributed by atoms with van der Waals surface area (Å²) in [6.07, 6.45) is 0.987. The van der Waals surface area contributed by atoms with Crippen molar-refractivity contribution in [1.82, 2.24) is 15.2 Å². The van der Waals surface area contributed by atoms with Crippen molar-refractivity contribution in [1.29, 1.82) is 0 Å². The van der Waals surface area contributed by atoms with Gasteiger partial charge in [0.05, 0.1) is 0 Å². The van der Waals surface area contributed by atoms with Crippen LogP contribution in [0.5, 0.6) is 0 Å². The molecule has 1 aromatic heterocycles. The molecule has 0 saturated carbocycles. The molecule has 0 aliphatic carbocycles. The van der Waals surface area contributed by atoms with Crippen LogP contribution in [0.4, 0.5) is 10.9 Å². The summed E-state index contributed by atoms with van der Waals surface area (Å²) in [5.41, 5.74) is 5.76. The second-order valence-electron chi connectivity index (χ2n) is 4.49. The van der Waals surface area contributed by atoms with Crippen LogP contribution in [0.1, 0.15) is 23.0 Å². The first-order valence-corrected chi connectivity index (χ1v) is 6.91. The molecule has 4 N–H and O–H groups in total. The molecule has 0 radical (unpaired) electrons. The number of likely N-dealkylation sites (N-methyl/N-ethyl adjacent to an activating group) is 1. The van der Waals surface area contributed by atoms with Crippen LogP contribution in [0.3, 0.4) is 0 Å². The Bertz CT molecular complexity index is 433. The minimum atomic E-state index is -0.116. The van der Waals surface area contributed by atoms with Gasteiger partial charge in [-0.15, -0.1) is 0 Å². The molecule has 7 heteroatoms. The first-order chi connectivity index (χ1) is 8.60. The molecule has 1 saturated heterocycles. The normalized spacial score (nSPS) is 20.0. The van der Waals surface area contributed by atoms with Gasteiger partial charge in [-0.1, -0.05) is 11.3 Å². The molecule has 1 atom stereocenters. The molecule has 2 rings (SSSR count). The van der Waals surface area contributed by atoms with Gasteiger partial charge in [-0.3, -0.25) is 4.79 Å². The number of anilines is 2. The standard InChI is InChI=1S/C11H19N5OS/c1-3-13-11-15-9(12)8(18-11)10(17)14-7-4-5-16(2)6-7/h7H,3-6,12H2,1-2H3,(H,13,15)(H,14,17). The smallest absolute Gasteiger partial charge is 0.265 e. The lowest BCUT2D eigenvalue weighted by molar-refractivity contribution is 0.0943. The second-order valence-corrected chi connectivity index (χ2v) is 5.48. The van der Waals surface area contributed by atoms with Crippen LogP contribution in [-0.4, -0.2) is 48.5 Å². The van der Waals surface area contributed by atoms with Crippen LogP contribution in [0.25, 0.3) is 0 Å². The lowest BCUT2D eigenvalue weighted by Crippen LogP contribution is -2.36. The van der Waals surface area contributed by atoms with Gasteiger partial charge >= 0.3 is 0 Å². The van der Waals surface area contributed by atoms with E-state index in [9.17, 15) is 4.79 Å². The third-order valence-corrected chi connectivity index (χ3v) is 3.94. The molecule has 1 aromatic rings. The summed E-state index contributed by atoms with van der Waals surface area (Å²) in [6.45, 7) is 4.66. The number of carbonyl (C=O) groups excluding carboxylic acids is 1. The molecule has 1 fully saturated rings. The van der Waals surface area contributed by atoms with E-state index >= 15 is 0 Å². The molecule has 0 spiro atoms. The van der Waals surface area contributed by atoms with Gasteiger partial charge in [0.2, 0.25) is 0 Å². The predicted octanol–water partition coefficient (Wildman–Crippen LogP) is 0.591. The van der Waals surface area contributed by atoms with Crippen molar-refractivity contribution < 1.29 is 4.79 Å². The minimum Gasteiger partial charge on any atom is -0.382 e. The van der Waals surface area contributed by atoms with Gasteiger partial charge in [0, 0.05) is 19.1 Å². The fourth-order valence-electron chi connectivity index (χ4n) is 2.03. The number of carbonyl (C=O) groups is 1. The van der Waals surface area contributed by atoms with Gasteiger partial charge in [-0.25, -0.2) is 4.98 Å². The summed E-state index contributed by atoms with van der Waals surface area (Å²) in [5.74, 6) is 0.189. The van der Waals surface area contributed by atoms with E-state index in [0.717, 1.165) is 26.1 Å². The van der Waals surface area contributed by atoms with Gasteiger partial charge in [-0.05, 0) is 26.9 Å². The Hall–Kier alpha value is -1.34. The lowest BCUT2D eigenvalue weighted by Gasteiger charge is -2.11. The lowest BCUT2D eigenvalue weighted by atomic mass is 10.2. The Labute approximate surface area is 111 Å². The summed E-state index contributed by atoms with van der Waals surface area (Å²) in [6, 6.07) is 0.214. The van der Waals surface area contributed by atoms with E-state index in [0.29, 0.717) is 15.8 Å². The number of hydrogen-bond acceptors (Lipinski definition) is 6. The van der Waals surface area contributed by atoms with Gasteiger partial charge < -0.3 is 21.3 Å². The van der Waals surface area contributed by atoms with Gasteiger partial charge in [0.1, 0.15) is 10.7 Å². The highest BCUT2D eigenvalue weighted by atomic mass is 32.1. The van der Waals surface area contributed by atoms with Crippen molar-refractivity contribution in [2.24, 2.45) is 0 Å². The number of nitrogens with two attached hydrogens (primary N) is 1. The molecule has 6 nitrogen and oxygen atoms in total. The molecule has 0 bridgehead atoms. The molecule has 2 heterocycles. The highest BCUT2D eigenvalue weighted by Gasteiger charge is 2.24. The van der Waals surface area contributed by atoms with Gasteiger partial charge in [0.15, 0.2) is 5.13 Å². The SMILES string of the molecule is CCNc1nc(N)c(C(=O)NC2CCN(C)C2)s1. The van der Waals surface area contributed by atoms with Crippen LogP contribution in [0.15, 0.2) is 0 Å². The van der Waals surface area contributed by atoms with Crippen molar-refractivity contribution in [2.45, 2.75) is 19.4 Å². The topological polar surface area (TPSA) is 83.3 Å². The van der Waals surface area contributed by atoms with Crippen molar-refractivity contribution in [3.05, 3.63) is 4.88 Å². The summed E-state index contributed by atoms with van der Waals surface area (Å²) < 4.78 is 0. The quantitative estimate of drug-likeness (QED) is 0.745. The number of nitrogen functional groups attached to an aromatic ring is 1. The zero-order valence-electron chi connectivity index (χ0n) is 10.7. The maximum atomic E-state index is 12.1. The minimum absolute atomic E-state index is 0.116. The average molecular weight is 269 g/mol. The molecule has 18 heavy (non-hydrogen) atoms. The Balaban J connectivity index is 2.00. The number of thiazole rings is 1. The highest BCUT2D eigenvalue weighted by Crippen LogP contribution is 2.25. The van der Waals surface area contributed by atoms with E-state index in [1.54, 1.807) is 0 Å². The average Bonchev–Trinajstić information content (AvgIpc) is 2.86. The largest absolute Gasteiger partial charge is 0.382 e. The van der Waals surface area contributed by atoms with E-state index in [1.165, 1.54) is 11.3 Å². The third-order valence-electron chi connectivity index (χ3n) is 2.91. The molecule has 1 unspecified atom stereocenters. The van der Waals surface area contributed by atoms with Crippen molar-refractivity contribution in [2.75, 3.05) is 37.7 Å². The Morgan fingerprint density at radius 2 is 2.44 bits per heavy atom. The number of nitrogens with one attached hydrogen (secondary N) is 2. The van der Waals surface area contributed by atoms with Crippen LogP contribution in [0.2, 0.25) is 0 Å². The molecule has 0 aromatic carbocycles. The zero-order valence-corrected chi connectivity index (χ0v) is 11.5. The van der Waals surface area contributed by atoms with E-state index in [4.69, 9.17) is 5.73 Å². The Morgan fingerprint density at radius 3 is 3.06 bits per heavy atom. The van der Waals surface area contributed by atoms with E-state index in [-0.39, 0.29) is 11.9 Å². The maximum absolute atomic E-state index is 12.1. The van der Waals surface area contributed by atoms with E-state index < -0.39 is 0 Å². The van der Waals surface area contributed by atoms with E-state index in [2.05, 4.69) is 27.6 Å². The summed E-state index contributed by atoms with van der Waals surface area (Å²) in [7, 11) is 2.05. The monoisotopic (exact) mass is 269 g/mol. The summed E-state index contributed by atoms with van der Waals surface area (Å²) in [5, 5.41) is 6.77. The number of rotatable bonds is 4. The molecule has 100 valence electrons. The second kappa shape index (κ2) is 5.53. The molecule has 1 aliphatic heterocycles. The molecule has 1 aliphatic rings. The summed E-state index contributed by atoms with van der Waals surface area (Å²) in [4.78, 5) is 18.9. The van der Waals surface area contributed by atoms with Crippen LogP contribution in [0, 0.1) is 0 Å². The van der Waals surface area contributed by atoms with Crippen molar-refractivity contribution in [3.63, 3.8) is 0 Å². The van der Waals surface area contributed by atoms with Crippen molar-refractivity contribution >= 4 is 28.2 Å². The number of hydrogen-bond donors (Lipinski definition) is 3. The highest BCUT2D eigenvalue weighted by molar-refractivity contribution is 7.18. The predicted molar refractivity (Wildman–Crippen MR) is 74.1 cm³/mol. The van der Waals surface area contributed by atoms with Crippen LogP contribution in [-0.2, 0) is 0 Å². The number of amides is 1. The Morgan fingerprint density at radius 1 is 1.67 bits per heavy atom. The fraction of sp³-hybridized carbons (Fsp3) is 0.636. The van der Waals surface area contributed by atoms with Gasteiger partial charge in [-0.2, -0.15) is 0 Å². The summed E-state index contributed by atoms with van der Waals surface area (Å²) >= 11 is 1.30. The zero-order chi connectivity index (χ0) is 13.1.